The van der Waals surface area contributed by atoms with Crippen LogP contribution < -0.4 is 13.8 Å². The molecule has 1 unspecified atom stereocenters. The maximum absolute atomic E-state index is 15.2. The van der Waals surface area contributed by atoms with Gasteiger partial charge in [0, 0.05) is 5.39 Å². The lowest BCUT2D eigenvalue weighted by Gasteiger charge is -2.21. The number of ether oxygens (including phenoxy) is 1. The topological polar surface area (TPSA) is 58.6 Å². The Labute approximate surface area is 166 Å². The van der Waals surface area contributed by atoms with Crippen LogP contribution in [0.5, 0.6) is 5.75 Å². The van der Waals surface area contributed by atoms with Crippen LogP contribution in [0.4, 0.5) is 10.1 Å². The number of carbonyl (C=O) groups excluding carboxylic acids is 1. The van der Waals surface area contributed by atoms with E-state index in [1.807, 2.05) is 26.0 Å². The lowest BCUT2D eigenvalue weighted by Crippen LogP contribution is -2.24. The molecule has 1 amide bonds. The molecule has 2 aromatic carbocycles. The van der Waals surface area contributed by atoms with E-state index in [0.717, 1.165) is 18.4 Å². The van der Waals surface area contributed by atoms with E-state index in [1.54, 1.807) is 24.3 Å². The summed E-state index contributed by atoms with van der Waals surface area (Å²) in [6.07, 6.45) is 8.08. The Morgan fingerprint density at radius 3 is 2.71 bits per heavy atom. The summed E-state index contributed by atoms with van der Waals surface area (Å²) >= 11 is -1.83. The van der Waals surface area contributed by atoms with E-state index in [0.29, 0.717) is 10.8 Å². The van der Waals surface area contributed by atoms with Crippen molar-refractivity contribution in [3.05, 3.63) is 60.0 Å². The number of hydrogen-bond donors (Lipinski definition) is 1. The van der Waals surface area contributed by atoms with E-state index in [4.69, 9.17) is 4.74 Å². The van der Waals surface area contributed by atoms with Crippen LogP contribution in [-0.2, 0) is 16.0 Å². The van der Waals surface area contributed by atoms with Gasteiger partial charge in [0.05, 0.1) is 0 Å². The standard InChI is InChI=1S/C19H17FN2O3S.C2H6/c20-18-15-9-5-4-8-14(15)10-16(25-12-13-6-2-1-3-7-13)19(18)22-11-17(23)21-26(22)24;1-2/h2,4-10H,1,3,11-12H2,(H,21,23);1-2H3. The largest absolute Gasteiger partial charge is 0.487 e. The lowest BCUT2D eigenvalue weighted by molar-refractivity contribution is -0.117. The third-order valence-electron chi connectivity index (χ3n) is 4.33. The fourth-order valence-electron chi connectivity index (χ4n) is 3.08. The first-order chi connectivity index (χ1) is 13.6. The summed E-state index contributed by atoms with van der Waals surface area (Å²) in [6.45, 7) is 4.10. The smallest absolute Gasteiger partial charge is 0.253 e. The molecule has 1 N–H and O–H groups in total. The molecule has 0 bridgehead atoms. The Morgan fingerprint density at radius 2 is 2.04 bits per heavy atom. The molecule has 1 fully saturated rings. The van der Waals surface area contributed by atoms with E-state index in [2.05, 4.69) is 16.9 Å². The molecule has 1 heterocycles. The molecular weight excluding hydrogens is 379 g/mol. The SMILES string of the molecule is CC.O=C1CN(c2c(OCC3=CCCC=C3)cc3ccccc3c2F)S(=O)N1. The van der Waals surface area contributed by atoms with Gasteiger partial charge in [-0.05, 0) is 29.9 Å². The Kier molecular flexibility index (Phi) is 6.46. The van der Waals surface area contributed by atoms with Crippen LogP contribution in [0.2, 0.25) is 0 Å². The highest BCUT2D eigenvalue weighted by Gasteiger charge is 2.32. The minimum absolute atomic E-state index is 0.0424. The quantitative estimate of drug-likeness (QED) is 0.835. The van der Waals surface area contributed by atoms with Crippen molar-refractivity contribution in [1.82, 2.24) is 4.72 Å². The normalized spacial score (nSPS) is 18.4. The maximum Gasteiger partial charge on any atom is 0.253 e. The summed E-state index contributed by atoms with van der Waals surface area (Å²) in [5, 5.41) is 1.07. The Bertz CT molecular complexity index is 972. The van der Waals surface area contributed by atoms with Gasteiger partial charge in [-0.3, -0.25) is 13.8 Å². The monoisotopic (exact) mass is 402 g/mol. The van der Waals surface area contributed by atoms with Gasteiger partial charge >= 0.3 is 0 Å². The number of nitrogens with zero attached hydrogens (tertiary/aromatic N) is 1. The van der Waals surface area contributed by atoms with Gasteiger partial charge in [-0.25, -0.2) is 8.60 Å². The van der Waals surface area contributed by atoms with E-state index >= 15 is 4.39 Å². The first-order valence-corrected chi connectivity index (χ1v) is 10.4. The molecule has 1 atom stereocenters. The Morgan fingerprint density at radius 1 is 1.25 bits per heavy atom. The van der Waals surface area contributed by atoms with Crippen LogP contribution in [0.1, 0.15) is 26.7 Å². The number of carbonyl (C=O) groups is 1. The second kappa shape index (κ2) is 9.01. The zero-order valence-corrected chi connectivity index (χ0v) is 16.7. The maximum atomic E-state index is 15.2. The van der Waals surface area contributed by atoms with E-state index in [-0.39, 0.29) is 24.6 Å². The first-order valence-electron chi connectivity index (χ1n) is 9.32. The third-order valence-corrected chi connectivity index (χ3v) is 5.44. The predicted octanol–water partition coefficient (Wildman–Crippen LogP) is 4.18. The van der Waals surface area contributed by atoms with Gasteiger partial charge in [-0.1, -0.05) is 56.3 Å². The highest BCUT2D eigenvalue weighted by molar-refractivity contribution is 7.85. The van der Waals surface area contributed by atoms with Gasteiger partial charge in [-0.2, -0.15) is 0 Å². The summed E-state index contributed by atoms with van der Waals surface area (Å²) in [5.41, 5.74) is 1.05. The molecule has 5 nitrogen and oxygen atoms in total. The minimum atomic E-state index is -1.83. The molecule has 7 heteroatoms. The molecule has 0 spiro atoms. The number of amides is 1. The number of fused-ring (bicyclic) bond motifs is 1. The van der Waals surface area contributed by atoms with Crippen LogP contribution in [0, 0.1) is 5.82 Å². The van der Waals surface area contributed by atoms with E-state index in [9.17, 15) is 9.00 Å². The number of nitrogens with one attached hydrogen (secondary N) is 1. The third kappa shape index (κ3) is 4.09. The first kappa shape index (κ1) is 20.1. The van der Waals surface area contributed by atoms with Gasteiger partial charge in [0.2, 0.25) is 11.2 Å². The molecule has 1 saturated heterocycles. The highest BCUT2D eigenvalue weighted by Crippen LogP contribution is 2.38. The summed E-state index contributed by atoms with van der Waals surface area (Å²) in [7, 11) is 0. The molecule has 0 aromatic heterocycles. The molecule has 0 radical (unpaired) electrons. The van der Waals surface area contributed by atoms with Gasteiger partial charge in [0.25, 0.3) is 5.91 Å². The van der Waals surface area contributed by atoms with Crippen molar-refractivity contribution in [2.45, 2.75) is 26.7 Å². The van der Waals surface area contributed by atoms with Crippen molar-refractivity contribution < 1.29 is 18.1 Å². The summed E-state index contributed by atoms with van der Waals surface area (Å²) in [4.78, 5) is 11.6. The molecule has 1 aliphatic heterocycles. The van der Waals surface area contributed by atoms with Gasteiger partial charge < -0.3 is 4.74 Å². The van der Waals surface area contributed by atoms with Crippen LogP contribution >= 0.6 is 0 Å². The summed E-state index contributed by atoms with van der Waals surface area (Å²) in [5.74, 6) is -0.693. The molecule has 28 heavy (non-hydrogen) atoms. The van der Waals surface area contributed by atoms with Crippen molar-refractivity contribution in [3.63, 3.8) is 0 Å². The van der Waals surface area contributed by atoms with Crippen LogP contribution in [0.25, 0.3) is 10.8 Å². The molecule has 1 aliphatic carbocycles. The van der Waals surface area contributed by atoms with Crippen molar-refractivity contribution in [2.75, 3.05) is 17.5 Å². The highest BCUT2D eigenvalue weighted by atomic mass is 32.2. The lowest BCUT2D eigenvalue weighted by atomic mass is 10.1. The number of hydrogen-bond acceptors (Lipinski definition) is 3. The van der Waals surface area contributed by atoms with Crippen LogP contribution in [0.15, 0.2) is 54.1 Å². The molecule has 2 aliphatic rings. The van der Waals surface area contributed by atoms with Gasteiger partial charge in [-0.15, -0.1) is 0 Å². The zero-order valence-electron chi connectivity index (χ0n) is 15.9. The molecule has 4 rings (SSSR count). The summed E-state index contributed by atoms with van der Waals surface area (Å²) < 4.78 is 36.8. The molecular formula is C21H23FN2O3S. The number of rotatable bonds is 4. The number of halogens is 1. The van der Waals surface area contributed by atoms with Crippen molar-refractivity contribution >= 4 is 33.5 Å². The van der Waals surface area contributed by atoms with E-state index in [1.165, 1.54) is 4.31 Å². The molecule has 0 saturated carbocycles. The molecule has 148 valence electrons. The van der Waals surface area contributed by atoms with Crippen molar-refractivity contribution in [3.8, 4) is 5.75 Å². The minimum Gasteiger partial charge on any atom is -0.487 e. The Balaban J connectivity index is 0.00000109. The molecule has 2 aromatic rings. The fraction of sp³-hybridized carbons (Fsp3) is 0.286. The number of anilines is 1. The van der Waals surface area contributed by atoms with Gasteiger partial charge in [0.1, 0.15) is 24.6 Å². The van der Waals surface area contributed by atoms with Crippen molar-refractivity contribution in [1.29, 1.82) is 0 Å². The van der Waals surface area contributed by atoms with Crippen molar-refractivity contribution in [2.24, 2.45) is 0 Å². The predicted molar refractivity (Wildman–Crippen MR) is 111 cm³/mol. The average Bonchev–Trinajstić information content (AvgIpc) is 3.06. The van der Waals surface area contributed by atoms with Crippen LogP contribution in [0.3, 0.4) is 0 Å². The summed E-state index contributed by atoms with van der Waals surface area (Å²) in [6, 6.07) is 8.72. The number of allylic oxidation sites excluding steroid dienone is 2. The zero-order chi connectivity index (χ0) is 20.1. The number of benzene rings is 2. The second-order valence-electron chi connectivity index (χ2n) is 6.12. The second-order valence-corrected chi connectivity index (χ2v) is 7.26. The average molecular weight is 402 g/mol. The van der Waals surface area contributed by atoms with E-state index < -0.39 is 22.9 Å². The van der Waals surface area contributed by atoms with Gasteiger partial charge in [0.15, 0.2) is 5.82 Å². The fourth-order valence-corrected chi connectivity index (χ4v) is 4.02. The Hall–Kier alpha value is -2.67. The van der Waals surface area contributed by atoms with Crippen LogP contribution in [-0.4, -0.2) is 23.3 Å².